The molecule has 0 aliphatic rings. The van der Waals surface area contributed by atoms with Gasteiger partial charge in [0, 0.05) is 40.6 Å². The van der Waals surface area contributed by atoms with Gasteiger partial charge in [0.25, 0.3) is 0 Å². The number of aromatic amines is 2. The maximum atomic E-state index is 13.6. The Kier molecular flexibility index (Phi) is 11.7. The van der Waals surface area contributed by atoms with Crippen LogP contribution in [-0.2, 0) is 32.0 Å². The Balaban J connectivity index is 1.43. The fourth-order valence-corrected chi connectivity index (χ4v) is 5.85. The molecule has 4 unspecified atom stereocenters. The van der Waals surface area contributed by atoms with Crippen LogP contribution in [0.25, 0.3) is 21.8 Å². The molecule has 2 aromatic heterocycles. The second-order valence-corrected chi connectivity index (χ2v) is 12.7. The number of fused-ring (bicyclic) bond motifs is 2. The van der Waals surface area contributed by atoms with E-state index in [1.54, 1.807) is 6.20 Å². The van der Waals surface area contributed by atoms with Crippen molar-refractivity contribution >= 4 is 57.3 Å². The highest BCUT2D eigenvalue weighted by atomic mass is 32.2. The molecule has 0 bridgehead atoms. The van der Waals surface area contributed by atoms with Gasteiger partial charge < -0.3 is 36.8 Å². The van der Waals surface area contributed by atoms with E-state index in [4.69, 9.17) is 5.73 Å². The molecule has 8 N–H and O–H groups in total. The lowest BCUT2D eigenvalue weighted by Gasteiger charge is -2.26. The van der Waals surface area contributed by atoms with Crippen molar-refractivity contribution in [2.24, 2.45) is 11.7 Å². The zero-order valence-corrected chi connectivity index (χ0v) is 26.6. The topological polar surface area (TPSA) is 182 Å². The normalized spacial score (nSPS) is 14.2. The van der Waals surface area contributed by atoms with Crippen molar-refractivity contribution in [1.82, 2.24) is 25.9 Å². The van der Waals surface area contributed by atoms with E-state index in [0.717, 1.165) is 32.9 Å². The van der Waals surface area contributed by atoms with Gasteiger partial charge in [-0.2, -0.15) is 11.8 Å². The molecule has 0 aliphatic carbocycles. The Labute approximate surface area is 266 Å². The quantitative estimate of drug-likeness (QED) is 0.0988. The molecule has 0 aliphatic heterocycles. The van der Waals surface area contributed by atoms with Crippen molar-refractivity contribution in [3.8, 4) is 0 Å². The number of amides is 3. The second kappa shape index (κ2) is 15.6. The van der Waals surface area contributed by atoms with Crippen molar-refractivity contribution in [3.63, 3.8) is 0 Å². The van der Waals surface area contributed by atoms with Crippen molar-refractivity contribution in [2.45, 2.75) is 63.7 Å². The number of aliphatic carboxylic acids is 1. The molecule has 4 atom stereocenters. The molecule has 2 heterocycles. The molecule has 0 radical (unpaired) electrons. The van der Waals surface area contributed by atoms with Crippen LogP contribution >= 0.6 is 11.8 Å². The third kappa shape index (κ3) is 8.89. The number of nitrogens with one attached hydrogen (secondary N) is 5. The van der Waals surface area contributed by atoms with Gasteiger partial charge in [0.1, 0.15) is 18.1 Å². The van der Waals surface area contributed by atoms with E-state index in [1.807, 2.05) is 74.8 Å². The van der Waals surface area contributed by atoms with Crippen LogP contribution in [0.1, 0.15) is 37.8 Å². The third-order valence-corrected chi connectivity index (χ3v) is 8.39. The minimum atomic E-state index is -1.21. The summed E-state index contributed by atoms with van der Waals surface area (Å²) in [6, 6.07) is 11.2. The van der Waals surface area contributed by atoms with E-state index in [0.29, 0.717) is 12.2 Å². The number of H-pyrrole nitrogens is 2. The summed E-state index contributed by atoms with van der Waals surface area (Å²) in [5.74, 6) is -2.18. The summed E-state index contributed by atoms with van der Waals surface area (Å²) in [6.45, 7) is 3.86. The SMILES string of the molecule is CSCCC(NC(=O)C(CC(C)C)NC(=O)C(N)Cc1c[nH]c2ccccc12)C(=O)NC(Cc1c[nH]c2ccccc12)C(=O)O. The molecule has 0 saturated heterocycles. The van der Waals surface area contributed by atoms with Gasteiger partial charge in [-0.15, -0.1) is 0 Å². The van der Waals surface area contributed by atoms with Crippen molar-refractivity contribution in [1.29, 1.82) is 0 Å². The number of benzene rings is 2. The number of carbonyl (C=O) groups is 4. The Morgan fingerprint density at radius 1 is 0.778 bits per heavy atom. The standard InChI is InChI=1S/C33H42N6O5S/c1-19(2)14-28(38-30(40)24(34)15-20-17-35-25-10-6-4-8-22(20)25)32(42)37-27(12-13-45-3)31(41)39-29(33(43)44)16-21-18-36-26-11-7-5-9-23(21)26/h4-11,17-19,24,27-29,35-36H,12-16,34H2,1-3H3,(H,37,42)(H,38,40)(H,39,41)(H,43,44). The van der Waals surface area contributed by atoms with Crippen molar-refractivity contribution in [3.05, 3.63) is 72.1 Å². The van der Waals surface area contributed by atoms with Gasteiger partial charge in [0.15, 0.2) is 0 Å². The second-order valence-electron chi connectivity index (χ2n) is 11.7. The summed E-state index contributed by atoms with van der Waals surface area (Å²) in [4.78, 5) is 58.6. The Hall–Kier alpha value is -4.29. The summed E-state index contributed by atoms with van der Waals surface area (Å²) >= 11 is 1.50. The van der Waals surface area contributed by atoms with Crippen LogP contribution < -0.4 is 21.7 Å². The number of hydrogen-bond donors (Lipinski definition) is 7. The molecule has 240 valence electrons. The molecule has 11 nitrogen and oxygen atoms in total. The van der Waals surface area contributed by atoms with Crippen LogP contribution in [0.3, 0.4) is 0 Å². The molecule has 0 saturated carbocycles. The summed E-state index contributed by atoms with van der Waals surface area (Å²) in [5, 5.41) is 20.0. The molecule has 4 rings (SSSR count). The Morgan fingerprint density at radius 3 is 1.84 bits per heavy atom. The van der Waals surface area contributed by atoms with Crippen LogP contribution in [0.4, 0.5) is 0 Å². The van der Waals surface area contributed by atoms with Gasteiger partial charge in [-0.1, -0.05) is 50.2 Å². The van der Waals surface area contributed by atoms with Gasteiger partial charge in [-0.05, 0) is 60.4 Å². The highest BCUT2D eigenvalue weighted by molar-refractivity contribution is 7.98. The van der Waals surface area contributed by atoms with E-state index in [2.05, 4.69) is 25.9 Å². The lowest BCUT2D eigenvalue weighted by molar-refractivity contribution is -0.142. The number of carboxylic acid groups (broad SMARTS) is 1. The first-order chi connectivity index (χ1) is 21.6. The largest absolute Gasteiger partial charge is 0.480 e. The Morgan fingerprint density at radius 2 is 1.29 bits per heavy atom. The third-order valence-electron chi connectivity index (χ3n) is 7.75. The first-order valence-electron chi connectivity index (χ1n) is 15.1. The van der Waals surface area contributed by atoms with Crippen LogP contribution in [0, 0.1) is 5.92 Å². The smallest absolute Gasteiger partial charge is 0.326 e. The molecule has 2 aromatic carbocycles. The highest BCUT2D eigenvalue weighted by Crippen LogP contribution is 2.20. The number of rotatable bonds is 16. The first kappa shape index (κ1) is 33.6. The molecule has 0 fully saturated rings. The van der Waals surface area contributed by atoms with Crippen molar-refractivity contribution < 1.29 is 24.3 Å². The number of para-hydroxylation sites is 2. The molecule has 45 heavy (non-hydrogen) atoms. The number of carbonyl (C=O) groups excluding carboxylic acids is 3. The summed E-state index contributed by atoms with van der Waals surface area (Å²) in [6.07, 6.45) is 6.39. The monoisotopic (exact) mass is 634 g/mol. The van der Waals surface area contributed by atoms with Crippen LogP contribution in [0.15, 0.2) is 60.9 Å². The molecular formula is C33H42N6O5S. The summed E-state index contributed by atoms with van der Waals surface area (Å²) in [7, 11) is 0. The van der Waals surface area contributed by atoms with Gasteiger partial charge >= 0.3 is 5.97 Å². The van der Waals surface area contributed by atoms with Crippen LogP contribution in [0.5, 0.6) is 0 Å². The number of hydrogen-bond acceptors (Lipinski definition) is 6. The molecule has 0 spiro atoms. The summed E-state index contributed by atoms with van der Waals surface area (Å²) in [5.41, 5.74) is 9.75. The lowest BCUT2D eigenvalue weighted by Crippen LogP contribution is -2.57. The van der Waals surface area contributed by atoms with E-state index in [-0.39, 0.29) is 25.2 Å². The minimum absolute atomic E-state index is 0.0527. The highest BCUT2D eigenvalue weighted by Gasteiger charge is 2.31. The zero-order valence-electron chi connectivity index (χ0n) is 25.8. The fraction of sp³-hybridized carbons (Fsp3) is 0.394. The van der Waals surface area contributed by atoms with Crippen molar-refractivity contribution in [2.75, 3.05) is 12.0 Å². The first-order valence-corrected chi connectivity index (χ1v) is 16.4. The fourth-order valence-electron chi connectivity index (χ4n) is 5.38. The van der Waals surface area contributed by atoms with E-state index in [1.165, 1.54) is 11.8 Å². The number of aromatic nitrogens is 2. The van der Waals surface area contributed by atoms with E-state index in [9.17, 15) is 24.3 Å². The van der Waals surface area contributed by atoms with Gasteiger partial charge in [-0.3, -0.25) is 14.4 Å². The lowest BCUT2D eigenvalue weighted by atomic mass is 10.0. The van der Waals surface area contributed by atoms with E-state index >= 15 is 0 Å². The molecule has 12 heteroatoms. The van der Waals surface area contributed by atoms with Crippen LogP contribution in [-0.4, -0.2) is 74.9 Å². The summed E-state index contributed by atoms with van der Waals surface area (Å²) < 4.78 is 0. The maximum absolute atomic E-state index is 13.6. The van der Waals surface area contributed by atoms with Crippen LogP contribution in [0.2, 0.25) is 0 Å². The number of carboxylic acids is 1. The predicted octanol–water partition coefficient (Wildman–Crippen LogP) is 3.10. The molecule has 3 amide bonds. The zero-order chi connectivity index (χ0) is 32.5. The van der Waals surface area contributed by atoms with Gasteiger partial charge in [-0.25, -0.2) is 4.79 Å². The van der Waals surface area contributed by atoms with Gasteiger partial charge in [0.05, 0.1) is 6.04 Å². The number of nitrogens with two attached hydrogens (primary N) is 1. The van der Waals surface area contributed by atoms with Gasteiger partial charge in [0.2, 0.25) is 17.7 Å². The maximum Gasteiger partial charge on any atom is 0.326 e. The molecule has 4 aromatic rings. The van der Waals surface area contributed by atoms with E-state index < -0.39 is 47.9 Å². The average Bonchev–Trinajstić information content (AvgIpc) is 3.62. The Bertz CT molecular complexity index is 1630. The minimum Gasteiger partial charge on any atom is -0.480 e. The predicted molar refractivity (Wildman–Crippen MR) is 178 cm³/mol. The average molecular weight is 635 g/mol. The number of thioether (sulfide) groups is 1. The molecular weight excluding hydrogens is 592 g/mol.